The average Bonchev–Trinajstić information content (AvgIpc) is 2.90. The van der Waals surface area contributed by atoms with Gasteiger partial charge in [-0.05, 0) is 43.0 Å². The Kier molecular flexibility index (Phi) is 4.83. The lowest BCUT2D eigenvalue weighted by atomic mass is 9.96. The fourth-order valence-corrected chi connectivity index (χ4v) is 4.27. The van der Waals surface area contributed by atoms with Crippen LogP contribution in [0, 0.1) is 11.8 Å². The van der Waals surface area contributed by atoms with Crippen molar-refractivity contribution < 1.29 is 8.42 Å². The molecule has 1 unspecified atom stereocenters. The van der Waals surface area contributed by atoms with E-state index >= 15 is 0 Å². The molecular formula is C15H24N2O2S. The molecule has 1 N–H and O–H groups in total. The maximum absolute atomic E-state index is 12.7. The molecule has 4 nitrogen and oxygen atoms in total. The highest BCUT2D eigenvalue weighted by atomic mass is 32.2. The lowest BCUT2D eigenvalue weighted by molar-refractivity contribution is 0.388. The number of nitrogens with one attached hydrogen (secondary N) is 1. The summed E-state index contributed by atoms with van der Waals surface area (Å²) in [6, 6.07) is 7.22. The molecule has 1 aliphatic rings. The maximum atomic E-state index is 12.7. The predicted molar refractivity (Wildman–Crippen MR) is 80.9 cm³/mol. The molecule has 0 spiro atoms. The van der Waals surface area contributed by atoms with Crippen molar-refractivity contribution in [2.24, 2.45) is 11.8 Å². The molecule has 0 aliphatic carbocycles. The Morgan fingerprint density at radius 1 is 1.40 bits per heavy atom. The van der Waals surface area contributed by atoms with E-state index in [0.717, 1.165) is 12.0 Å². The van der Waals surface area contributed by atoms with Gasteiger partial charge in [-0.2, -0.15) is 4.31 Å². The molecule has 1 atom stereocenters. The second kappa shape index (κ2) is 6.24. The molecule has 0 amide bonds. The second-order valence-corrected chi connectivity index (χ2v) is 7.77. The van der Waals surface area contributed by atoms with Crippen molar-refractivity contribution in [1.82, 2.24) is 9.62 Å². The van der Waals surface area contributed by atoms with Gasteiger partial charge in [-0.25, -0.2) is 8.42 Å². The normalized spacial score (nSPS) is 20.7. The summed E-state index contributed by atoms with van der Waals surface area (Å²) in [5, 5.41) is 3.05. The molecule has 0 radical (unpaired) electrons. The first kappa shape index (κ1) is 15.5. The Labute approximate surface area is 122 Å². The van der Waals surface area contributed by atoms with Crippen LogP contribution in [0.1, 0.15) is 25.8 Å². The van der Waals surface area contributed by atoms with Crippen LogP contribution in [0.3, 0.4) is 0 Å². The first-order chi connectivity index (χ1) is 9.45. The summed E-state index contributed by atoms with van der Waals surface area (Å²) in [5.74, 6) is 1.01. The van der Waals surface area contributed by atoms with E-state index in [1.807, 2.05) is 19.2 Å². The van der Waals surface area contributed by atoms with E-state index in [0.29, 0.717) is 36.4 Å². The van der Waals surface area contributed by atoms with Crippen LogP contribution >= 0.6 is 0 Å². The highest BCUT2D eigenvalue weighted by Crippen LogP contribution is 2.28. The van der Waals surface area contributed by atoms with E-state index < -0.39 is 10.0 Å². The van der Waals surface area contributed by atoms with Crippen LogP contribution in [0.5, 0.6) is 0 Å². The lowest BCUT2D eigenvalue weighted by Crippen LogP contribution is -2.29. The van der Waals surface area contributed by atoms with Crippen LogP contribution in [0.4, 0.5) is 0 Å². The highest BCUT2D eigenvalue weighted by Gasteiger charge is 2.33. The van der Waals surface area contributed by atoms with Gasteiger partial charge in [0.1, 0.15) is 0 Å². The molecule has 0 bridgehead atoms. The van der Waals surface area contributed by atoms with Crippen molar-refractivity contribution in [1.29, 1.82) is 0 Å². The van der Waals surface area contributed by atoms with Gasteiger partial charge < -0.3 is 5.32 Å². The summed E-state index contributed by atoms with van der Waals surface area (Å²) in [5.41, 5.74) is 0.994. The van der Waals surface area contributed by atoms with Crippen molar-refractivity contribution in [3.8, 4) is 0 Å². The van der Waals surface area contributed by atoms with Gasteiger partial charge in [-0.3, -0.25) is 0 Å². The van der Waals surface area contributed by atoms with E-state index in [2.05, 4.69) is 19.2 Å². The molecular weight excluding hydrogens is 272 g/mol. The number of benzene rings is 1. The van der Waals surface area contributed by atoms with Gasteiger partial charge in [0.15, 0.2) is 0 Å². The average molecular weight is 296 g/mol. The Bertz CT molecular complexity index is 555. The summed E-state index contributed by atoms with van der Waals surface area (Å²) in [6.45, 7) is 6.29. The third kappa shape index (κ3) is 3.22. The molecule has 20 heavy (non-hydrogen) atoms. The van der Waals surface area contributed by atoms with Gasteiger partial charge in [0.2, 0.25) is 10.0 Å². The predicted octanol–water partition coefficient (Wildman–Crippen LogP) is 2.07. The number of sulfonamides is 1. The van der Waals surface area contributed by atoms with Gasteiger partial charge in [0, 0.05) is 19.6 Å². The zero-order valence-electron chi connectivity index (χ0n) is 12.5. The maximum Gasteiger partial charge on any atom is 0.243 e. The topological polar surface area (TPSA) is 49.4 Å². The van der Waals surface area contributed by atoms with Crippen molar-refractivity contribution in [3.05, 3.63) is 29.8 Å². The molecule has 0 saturated carbocycles. The number of hydrogen-bond acceptors (Lipinski definition) is 3. The van der Waals surface area contributed by atoms with Crippen molar-refractivity contribution in [2.45, 2.75) is 31.7 Å². The number of nitrogens with zero attached hydrogens (tertiary/aromatic N) is 1. The van der Waals surface area contributed by atoms with Crippen LogP contribution in [0.25, 0.3) is 0 Å². The van der Waals surface area contributed by atoms with Crippen LogP contribution in [0.15, 0.2) is 29.2 Å². The summed E-state index contributed by atoms with van der Waals surface area (Å²) in [4.78, 5) is 0.412. The van der Waals surface area contributed by atoms with Crippen LogP contribution in [0.2, 0.25) is 0 Å². The minimum absolute atomic E-state index is 0.412. The Morgan fingerprint density at radius 3 is 2.75 bits per heavy atom. The number of hydrogen-bond donors (Lipinski definition) is 1. The summed E-state index contributed by atoms with van der Waals surface area (Å²) < 4.78 is 27.0. The van der Waals surface area contributed by atoms with E-state index in [-0.39, 0.29) is 0 Å². The molecule has 1 heterocycles. The van der Waals surface area contributed by atoms with Gasteiger partial charge in [0.05, 0.1) is 4.90 Å². The molecule has 2 rings (SSSR count). The minimum Gasteiger partial charge on any atom is -0.316 e. The summed E-state index contributed by atoms with van der Waals surface area (Å²) in [6.07, 6.45) is 0.965. The molecule has 0 aromatic heterocycles. The first-order valence-corrected chi connectivity index (χ1v) is 8.63. The third-order valence-corrected chi connectivity index (χ3v) is 5.91. The molecule has 112 valence electrons. The molecule has 1 fully saturated rings. The fourth-order valence-electron chi connectivity index (χ4n) is 2.69. The molecule has 1 aliphatic heterocycles. The monoisotopic (exact) mass is 296 g/mol. The minimum atomic E-state index is -3.34. The largest absolute Gasteiger partial charge is 0.316 e. The lowest BCUT2D eigenvalue weighted by Gasteiger charge is -2.18. The summed E-state index contributed by atoms with van der Waals surface area (Å²) >= 11 is 0. The number of rotatable bonds is 5. The van der Waals surface area contributed by atoms with Gasteiger partial charge >= 0.3 is 0 Å². The highest BCUT2D eigenvalue weighted by molar-refractivity contribution is 7.89. The zero-order chi connectivity index (χ0) is 14.8. The molecule has 1 saturated heterocycles. The first-order valence-electron chi connectivity index (χ1n) is 7.19. The third-order valence-electron chi connectivity index (χ3n) is 4.05. The zero-order valence-corrected chi connectivity index (χ0v) is 13.3. The van der Waals surface area contributed by atoms with Crippen molar-refractivity contribution in [2.75, 3.05) is 20.1 Å². The van der Waals surface area contributed by atoms with Crippen LogP contribution in [-0.4, -0.2) is 32.9 Å². The van der Waals surface area contributed by atoms with E-state index in [1.165, 1.54) is 0 Å². The van der Waals surface area contributed by atoms with Gasteiger partial charge in [-0.15, -0.1) is 0 Å². The molecule has 1 aromatic carbocycles. The smallest absolute Gasteiger partial charge is 0.243 e. The molecule has 5 heteroatoms. The quantitative estimate of drug-likeness (QED) is 0.905. The van der Waals surface area contributed by atoms with Gasteiger partial charge in [0.25, 0.3) is 0 Å². The SMILES string of the molecule is CNCc1cccc(S(=O)(=O)N2CCC(C(C)C)C2)c1. The summed E-state index contributed by atoms with van der Waals surface area (Å²) in [7, 11) is -1.48. The van der Waals surface area contributed by atoms with Gasteiger partial charge in [-0.1, -0.05) is 26.0 Å². The Hall–Kier alpha value is -0.910. The second-order valence-electron chi connectivity index (χ2n) is 5.83. The van der Waals surface area contributed by atoms with E-state index in [4.69, 9.17) is 0 Å². The van der Waals surface area contributed by atoms with E-state index in [9.17, 15) is 8.42 Å². The van der Waals surface area contributed by atoms with Crippen LogP contribution in [-0.2, 0) is 16.6 Å². The van der Waals surface area contributed by atoms with Crippen molar-refractivity contribution >= 4 is 10.0 Å². The van der Waals surface area contributed by atoms with E-state index in [1.54, 1.807) is 16.4 Å². The van der Waals surface area contributed by atoms with Crippen molar-refractivity contribution in [3.63, 3.8) is 0 Å². The Balaban J connectivity index is 2.20. The Morgan fingerprint density at radius 2 is 2.15 bits per heavy atom. The van der Waals surface area contributed by atoms with Crippen LogP contribution < -0.4 is 5.32 Å². The molecule has 1 aromatic rings. The standard InChI is InChI=1S/C15H24N2O2S/c1-12(2)14-7-8-17(11-14)20(18,19)15-6-4-5-13(9-15)10-16-3/h4-6,9,12,14,16H,7-8,10-11H2,1-3H3. The fraction of sp³-hybridized carbons (Fsp3) is 0.600.